The summed E-state index contributed by atoms with van der Waals surface area (Å²) in [5.74, 6) is -0.0763. The minimum atomic E-state index is -3.06. The van der Waals surface area contributed by atoms with Crippen LogP contribution in [0.4, 0.5) is 0 Å². The van der Waals surface area contributed by atoms with Gasteiger partial charge < -0.3 is 15.7 Å². The zero-order chi connectivity index (χ0) is 14.8. The summed E-state index contributed by atoms with van der Waals surface area (Å²) in [5.41, 5.74) is 5.37. The van der Waals surface area contributed by atoms with Crippen LogP contribution in [0.15, 0.2) is 0 Å². The van der Waals surface area contributed by atoms with Gasteiger partial charge in [0, 0.05) is 12.6 Å². The second-order valence-corrected chi connectivity index (χ2v) is 8.22. The fourth-order valence-electron chi connectivity index (χ4n) is 3.26. The fourth-order valence-corrected chi connectivity index (χ4v) is 4.99. The van der Waals surface area contributed by atoms with E-state index >= 15 is 0 Å². The highest BCUT2D eigenvalue weighted by molar-refractivity contribution is 7.91. The molecule has 6 nitrogen and oxygen atoms in total. The first kappa shape index (κ1) is 15.7. The maximum Gasteiger partial charge on any atom is 0.243 e. The third-order valence-electron chi connectivity index (χ3n) is 4.42. The Morgan fingerprint density at radius 1 is 1.30 bits per heavy atom. The molecule has 1 saturated heterocycles. The molecule has 1 aliphatic carbocycles. The third-order valence-corrected chi connectivity index (χ3v) is 6.17. The number of nitrogens with two attached hydrogens (primary N) is 1. The van der Waals surface area contributed by atoms with Crippen molar-refractivity contribution in [2.75, 3.05) is 24.7 Å². The van der Waals surface area contributed by atoms with Crippen LogP contribution in [0.5, 0.6) is 0 Å². The zero-order valence-corrected chi connectivity index (χ0v) is 12.6. The van der Waals surface area contributed by atoms with Crippen molar-refractivity contribution in [3.63, 3.8) is 0 Å². The van der Waals surface area contributed by atoms with Crippen LogP contribution in [0.25, 0.3) is 0 Å². The minimum Gasteiger partial charge on any atom is -0.395 e. The molecule has 1 saturated carbocycles. The molecule has 0 aromatic rings. The molecule has 2 rings (SSSR count). The molecule has 0 aromatic carbocycles. The first-order chi connectivity index (χ1) is 9.38. The summed E-state index contributed by atoms with van der Waals surface area (Å²) in [6.45, 7) is -0.00363. The summed E-state index contributed by atoms with van der Waals surface area (Å²) >= 11 is 0. The van der Waals surface area contributed by atoms with E-state index in [-0.39, 0.29) is 36.6 Å². The van der Waals surface area contributed by atoms with Crippen LogP contribution in [0.1, 0.15) is 38.5 Å². The molecule has 2 aliphatic rings. The average Bonchev–Trinajstić information content (AvgIpc) is 2.76. The topological polar surface area (TPSA) is 101 Å². The van der Waals surface area contributed by atoms with E-state index in [1.807, 2.05) is 0 Å². The van der Waals surface area contributed by atoms with Crippen LogP contribution in [-0.2, 0) is 14.6 Å². The van der Waals surface area contributed by atoms with E-state index in [0.717, 1.165) is 19.3 Å². The number of amides is 1. The van der Waals surface area contributed by atoms with Crippen LogP contribution in [-0.4, -0.2) is 60.6 Å². The predicted octanol–water partition coefficient (Wildman–Crippen LogP) is -0.344. The zero-order valence-electron chi connectivity index (χ0n) is 11.8. The van der Waals surface area contributed by atoms with Gasteiger partial charge in [-0.1, -0.05) is 19.3 Å². The Labute approximate surface area is 120 Å². The summed E-state index contributed by atoms with van der Waals surface area (Å²) in [4.78, 5) is 14.2. The van der Waals surface area contributed by atoms with Gasteiger partial charge in [-0.15, -0.1) is 0 Å². The largest absolute Gasteiger partial charge is 0.395 e. The Hall–Kier alpha value is -0.660. The number of carbonyl (C=O) groups is 1. The van der Waals surface area contributed by atoms with Crippen LogP contribution in [0.2, 0.25) is 0 Å². The molecule has 2 fully saturated rings. The molecule has 1 unspecified atom stereocenters. The lowest BCUT2D eigenvalue weighted by Crippen LogP contribution is -2.59. The number of carbonyl (C=O) groups excluding carboxylic acids is 1. The maximum absolute atomic E-state index is 12.7. The molecule has 3 N–H and O–H groups in total. The Kier molecular flexibility index (Phi) is 4.71. The van der Waals surface area contributed by atoms with Crippen molar-refractivity contribution in [1.82, 2.24) is 4.90 Å². The monoisotopic (exact) mass is 304 g/mol. The normalized spacial score (nSPS) is 28.2. The Morgan fingerprint density at radius 3 is 2.45 bits per heavy atom. The molecule has 1 aliphatic heterocycles. The van der Waals surface area contributed by atoms with Gasteiger partial charge in [0.25, 0.3) is 0 Å². The Bertz CT molecular complexity index is 457. The molecule has 7 heteroatoms. The van der Waals surface area contributed by atoms with Crippen molar-refractivity contribution in [2.24, 2.45) is 5.73 Å². The summed E-state index contributed by atoms with van der Waals surface area (Å²) in [5, 5.41) is 9.17. The molecule has 1 heterocycles. The van der Waals surface area contributed by atoms with Gasteiger partial charge in [0.1, 0.15) is 0 Å². The van der Waals surface area contributed by atoms with Crippen LogP contribution in [0.3, 0.4) is 0 Å². The number of hydrogen-bond acceptors (Lipinski definition) is 5. The highest BCUT2D eigenvalue weighted by Crippen LogP contribution is 2.29. The maximum atomic E-state index is 12.7. The third kappa shape index (κ3) is 3.32. The lowest BCUT2D eigenvalue weighted by Gasteiger charge is -2.39. The summed E-state index contributed by atoms with van der Waals surface area (Å²) < 4.78 is 23.2. The highest BCUT2D eigenvalue weighted by Gasteiger charge is 2.42. The number of aliphatic hydroxyl groups is 1. The molecule has 0 bridgehead atoms. The van der Waals surface area contributed by atoms with Gasteiger partial charge in [0.2, 0.25) is 5.91 Å². The lowest BCUT2D eigenvalue weighted by atomic mass is 9.81. The quantitative estimate of drug-likeness (QED) is 0.740. The van der Waals surface area contributed by atoms with Gasteiger partial charge >= 0.3 is 0 Å². The molecule has 0 aromatic heterocycles. The van der Waals surface area contributed by atoms with Gasteiger partial charge in [-0.05, 0) is 19.3 Å². The van der Waals surface area contributed by atoms with Crippen molar-refractivity contribution in [1.29, 1.82) is 0 Å². The number of rotatable bonds is 4. The minimum absolute atomic E-state index is 0.00514. The van der Waals surface area contributed by atoms with Gasteiger partial charge in [-0.2, -0.15) is 0 Å². The first-order valence-corrected chi connectivity index (χ1v) is 9.11. The van der Waals surface area contributed by atoms with Crippen molar-refractivity contribution in [2.45, 2.75) is 50.1 Å². The van der Waals surface area contributed by atoms with E-state index < -0.39 is 15.4 Å². The van der Waals surface area contributed by atoms with Gasteiger partial charge in [0.05, 0.1) is 23.7 Å². The second-order valence-electron chi connectivity index (χ2n) is 6.00. The van der Waals surface area contributed by atoms with Crippen molar-refractivity contribution in [3.05, 3.63) is 0 Å². The van der Waals surface area contributed by atoms with Crippen LogP contribution in [0, 0.1) is 0 Å². The summed E-state index contributed by atoms with van der Waals surface area (Å²) in [7, 11) is -3.06. The van der Waals surface area contributed by atoms with E-state index in [4.69, 9.17) is 5.73 Å². The molecule has 116 valence electrons. The SMILES string of the molecule is NC1(C(=O)N(CCO)C2CCS(=O)(=O)C2)CCCCC1. The van der Waals surface area contributed by atoms with E-state index in [9.17, 15) is 18.3 Å². The molecule has 20 heavy (non-hydrogen) atoms. The van der Waals surface area contributed by atoms with Crippen molar-refractivity contribution in [3.8, 4) is 0 Å². The smallest absolute Gasteiger partial charge is 0.243 e. The van der Waals surface area contributed by atoms with E-state index in [0.29, 0.717) is 19.3 Å². The second kappa shape index (κ2) is 5.99. The van der Waals surface area contributed by atoms with Crippen molar-refractivity contribution < 1.29 is 18.3 Å². The van der Waals surface area contributed by atoms with Crippen molar-refractivity contribution >= 4 is 15.7 Å². The van der Waals surface area contributed by atoms with Crippen LogP contribution >= 0.6 is 0 Å². The molecule has 1 amide bonds. The van der Waals surface area contributed by atoms with E-state index in [1.54, 1.807) is 0 Å². The standard InChI is InChI=1S/C13H24N2O4S/c14-13(5-2-1-3-6-13)12(17)15(7-8-16)11-4-9-20(18,19)10-11/h11,16H,1-10,14H2. The summed E-state index contributed by atoms with van der Waals surface area (Å²) in [6.07, 6.45) is 4.69. The molecule has 1 atom stereocenters. The highest BCUT2D eigenvalue weighted by atomic mass is 32.2. The molecule has 0 spiro atoms. The number of sulfone groups is 1. The summed E-state index contributed by atoms with van der Waals surface area (Å²) in [6, 6.07) is -0.331. The molecular weight excluding hydrogens is 280 g/mol. The number of nitrogens with zero attached hydrogens (tertiary/aromatic N) is 1. The molecule has 0 radical (unpaired) electrons. The molecular formula is C13H24N2O4S. The van der Waals surface area contributed by atoms with E-state index in [1.165, 1.54) is 4.90 Å². The lowest BCUT2D eigenvalue weighted by molar-refractivity contribution is -0.140. The van der Waals surface area contributed by atoms with Crippen LogP contribution < -0.4 is 5.73 Å². The number of aliphatic hydroxyl groups excluding tert-OH is 1. The average molecular weight is 304 g/mol. The Balaban J connectivity index is 2.13. The first-order valence-electron chi connectivity index (χ1n) is 7.29. The number of hydrogen-bond donors (Lipinski definition) is 2. The Morgan fingerprint density at radius 2 is 1.95 bits per heavy atom. The van der Waals surface area contributed by atoms with E-state index in [2.05, 4.69) is 0 Å². The van der Waals surface area contributed by atoms with Gasteiger partial charge in [-0.25, -0.2) is 8.42 Å². The fraction of sp³-hybridized carbons (Fsp3) is 0.923. The van der Waals surface area contributed by atoms with Gasteiger partial charge in [0.15, 0.2) is 9.84 Å². The van der Waals surface area contributed by atoms with Gasteiger partial charge in [-0.3, -0.25) is 4.79 Å². The predicted molar refractivity (Wildman–Crippen MR) is 75.9 cm³/mol.